The van der Waals surface area contributed by atoms with Crippen molar-refractivity contribution in [2.24, 2.45) is 17.3 Å². The van der Waals surface area contributed by atoms with E-state index in [2.05, 4.69) is 6.92 Å². The van der Waals surface area contributed by atoms with E-state index in [-0.39, 0.29) is 22.8 Å². The number of phenolic OH excluding ortho intramolecular Hbond substituents is 1. The first-order chi connectivity index (χ1) is 14.4. The highest BCUT2D eigenvalue weighted by Gasteiger charge is 2.56. The second kappa shape index (κ2) is 6.97. The molecule has 1 N–H and O–H groups in total. The summed E-state index contributed by atoms with van der Waals surface area (Å²) in [4.78, 5) is 13.4. The number of allylic oxidation sites excluding steroid dienone is 1. The molecule has 2 saturated carbocycles. The minimum absolute atomic E-state index is 0.205. The standard InChI is InChI=1S/C26H27FO3/c1-26-10-9-19-20(8-5-16-13-23(28)24(30-2)14-21(16)19)22(26)12-17(25(26)29)11-15-3-6-18(27)7-4-15/h3-4,6-7,11,13-14,19-20,22,28H,5,8-10,12H2,1-2H3/b17-11+/t19-,20+,22-,26-/m0/s1. The molecular formula is C26H27FO3. The average Bonchev–Trinajstić information content (AvgIpc) is 2.99. The summed E-state index contributed by atoms with van der Waals surface area (Å²) in [7, 11) is 1.59. The van der Waals surface area contributed by atoms with Crippen LogP contribution in [0, 0.1) is 23.1 Å². The van der Waals surface area contributed by atoms with Crippen LogP contribution in [0.4, 0.5) is 4.39 Å². The van der Waals surface area contributed by atoms with Gasteiger partial charge in [-0.25, -0.2) is 4.39 Å². The van der Waals surface area contributed by atoms with E-state index in [1.54, 1.807) is 19.2 Å². The number of ketones is 1. The molecule has 3 aliphatic rings. The fraction of sp³-hybridized carbons (Fsp3) is 0.423. The average molecular weight is 406 g/mol. The van der Waals surface area contributed by atoms with Crippen LogP contribution in [0.5, 0.6) is 11.5 Å². The van der Waals surface area contributed by atoms with E-state index >= 15 is 0 Å². The van der Waals surface area contributed by atoms with Crippen molar-refractivity contribution in [2.75, 3.05) is 7.11 Å². The Morgan fingerprint density at radius 3 is 2.70 bits per heavy atom. The van der Waals surface area contributed by atoms with Crippen molar-refractivity contribution in [3.63, 3.8) is 0 Å². The summed E-state index contributed by atoms with van der Waals surface area (Å²) in [6, 6.07) is 10.2. The molecule has 2 aromatic carbocycles. The third kappa shape index (κ3) is 2.88. The highest BCUT2D eigenvalue weighted by atomic mass is 19.1. The Balaban J connectivity index is 1.49. The van der Waals surface area contributed by atoms with E-state index in [4.69, 9.17) is 4.74 Å². The number of aromatic hydroxyl groups is 1. The number of hydrogen-bond donors (Lipinski definition) is 1. The highest BCUT2D eigenvalue weighted by molar-refractivity contribution is 6.06. The maximum Gasteiger partial charge on any atom is 0.165 e. The van der Waals surface area contributed by atoms with Gasteiger partial charge in [-0.1, -0.05) is 19.1 Å². The van der Waals surface area contributed by atoms with Crippen LogP contribution < -0.4 is 4.74 Å². The Morgan fingerprint density at radius 1 is 1.20 bits per heavy atom. The molecule has 3 aliphatic carbocycles. The molecule has 2 fully saturated rings. The lowest BCUT2D eigenvalue weighted by atomic mass is 9.55. The fourth-order valence-electron chi connectivity index (χ4n) is 6.31. The maximum absolute atomic E-state index is 13.4. The zero-order chi connectivity index (χ0) is 21.0. The van der Waals surface area contributed by atoms with Gasteiger partial charge in [0.25, 0.3) is 0 Å². The van der Waals surface area contributed by atoms with Gasteiger partial charge in [0.1, 0.15) is 5.82 Å². The molecule has 0 bridgehead atoms. The normalized spacial score (nSPS) is 31.2. The lowest BCUT2D eigenvalue weighted by molar-refractivity contribution is -0.127. The third-order valence-corrected chi connectivity index (χ3v) is 7.87. The molecule has 0 amide bonds. The van der Waals surface area contributed by atoms with Crippen molar-refractivity contribution >= 4 is 11.9 Å². The number of halogens is 1. The van der Waals surface area contributed by atoms with Gasteiger partial charge in [-0.3, -0.25) is 4.79 Å². The number of hydrogen-bond acceptors (Lipinski definition) is 3. The van der Waals surface area contributed by atoms with Gasteiger partial charge in [0, 0.05) is 5.41 Å². The molecule has 0 radical (unpaired) electrons. The molecule has 0 unspecified atom stereocenters. The Labute approximate surface area is 176 Å². The van der Waals surface area contributed by atoms with Crippen LogP contribution in [0.1, 0.15) is 55.2 Å². The van der Waals surface area contributed by atoms with Crippen molar-refractivity contribution in [1.82, 2.24) is 0 Å². The van der Waals surface area contributed by atoms with Crippen molar-refractivity contribution in [3.8, 4) is 11.5 Å². The van der Waals surface area contributed by atoms with Crippen LogP contribution in [0.25, 0.3) is 6.08 Å². The molecule has 0 spiro atoms. The van der Waals surface area contributed by atoms with Crippen LogP contribution in [0.15, 0.2) is 42.0 Å². The minimum Gasteiger partial charge on any atom is -0.504 e. The van der Waals surface area contributed by atoms with Crippen molar-refractivity contribution in [2.45, 2.75) is 44.9 Å². The molecule has 3 nitrogen and oxygen atoms in total. The first-order valence-corrected chi connectivity index (χ1v) is 10.8. The summed E-state index contributed by atoms with van der Waals surface area (Å²) >= 11 is 0. The number of phenols is 1. The molecule has 0 heterocycles. The van der Waals surface area contributed by atoms with Gasteiger partial charge in [-0.15, -0.1) is 0 Å². The number of aryl methyl sites for hydroxylation is 1. The van der Waals surface area contributed by atoms with Crippen LogP contribution in [0.3, 0.4) is 0 Å². The van der Waals surface area contributed by atoms with Crippen LogP contribution in [0.2, 0.25) is 0 Å². The summed E-state index contributed by atoms with van der Waals surface area (Å²) in [5.74, 6) is 1.92. The van der Waals surface area contributed by atoms with Crippen molar-refractivity contribution in [3.05, 3.63) is 64.5 Å². The van der Waals surface area contributed by atoms with Gasteiger partial charge in [-0.2, -0.15) is 0 Å². The predicted octanol–water partition coefficient (Wildman–Crippen LogP) is 5.66. The fourth-order valence-corrected chi connectivity index (χ4v) is 6.31. The Bertz CT molecular complexity index is 1040. The number of Topliss-reactive ketones (excluding diaryl/α,β-unsaturated/α-hetero) is 1. The van der Waals surface area contributed by atoms with Crippen LogP contribution >= 0.6 is 0 Å². The van der Waals surface area contributed by atoms with Gasteiger partial charge in [0.05, 0.1) is 7.11 Å². The van der Waals surface area contributed by atoms with E-state index in [9.17, 15) is 14.3 Å². The Morgan fingerprint density at radius 2 is 1.97 bits per heavy atom. The highest BCUT2D eigenvalue weighted by Crippen LogP contribution is 2.61. The molecule has 2 aromatic rings. The second-order valence-corrected chi connectivity index (χ2v) is 9.35. The number of methoxy groups -OCH3 is 1. The van der Waals surface area contributed by atoms with E-state index < -0.39 is 0 Å². The Kier molecular flexibility index (Phi) is 4.49. The number of ether oxygens (including phenoxy) is 1. The number of carbonyl (C=O) groups is 1. The van der Waals surface area contributed by atoms with Gasteiger partial charge in [-0.05, 0) is 102 Å². The predicted molar refractivity (Wildman–Crippen MR) is 114 cm³/mol. The molecule has 0 aliphatic heterocycles. The maximum atomic E-state index is 13.4. The summed E-state index contributed by atoms with van der Waals surface area (Å²) in [6.07, 6.45) is 6.57. The molecule has 5 rings (SSSR count). The Hall–Kier alpha value is -2.62. The van der Waals surface area contributed by atoms with E-state index in [0.717, 1.165) is 43.2 Å². The SMILES string of the molecule is COc1cc2c(cc1O)CC[C@@H]1[C@@H]2CC[C@]2(C)C(=O)/C(=C/c3ccc(F)cc3)C[C@@H]12. The van der Waals surface area contributed by atoms with Gasteiger partial charge in [0.15, 0.2) is 17.3 Å². The van der Waals surface area contributed by atoms with E-state index in [1.165, 1.54) is 23.3 Å². The van der Waals surface area contributed by atoms with Crippen molar-refractivity contribution < 1.29 is 19.0 Å². The summed E-state index contributed by atoms with van der Waals surface area (Å²) in [5, 5.41) is 10.2. The molecule has 156 valence electrons. The third-order valence-electron chi connectivity index (χ3n) is 7.87. The monoisotopic (exact) mass is 406 g/mol. The molecule has 4 atom stereocenters. The lowest BCUT2D eigenvalue weighted by Crippen LogP contribution is -2.42. The van der Waals surface area contributed by atoms with Gasteiger partial charge >= 0.3 is 0 Å². The van der Waals surface area contributed by atoms with Gasteiger partial charge in [0.2, 0.25) is 0 Å². The molecule has 4 heteroatoms. The first-order valence-electron chi connectivity index (χ1n) is 10.8. The van der Waals surface area contributed by atoms with E-state index in [0.29, 0.717) is 23.5 Å². The zero-order valence-electron chi connectivity index (χ0n) is 17.5. The zero-order valence-corrected chi connectivity index (χ0v) is 17.5. The van der Waals surface area contributed by atoms with Crippen LogP contribution in [-0.4, -0.2) is 18.0 Å². The number of benzene rings is 2. The topological polar surface area (TPSA) is 46.5 Å². The summed E-state index contributed by atoms with van der Waals surface area (Å²) < 4.78 is 18.6. The largest absolute Gasteiger partial charge is 0.504 e. The summed E-state index contributed by atoms with van der Waals surface area (Å²) in [6.45, 7) is 2.15. The molecule has 30 heavy (non-hydrogen) atoms. The summed E-state index contributed by atoms with van der Waals surface area (Å²) in [5.41, 5.74) is 3.94. The number of rotatable bonds is 2. The minimum atomic E-state index is -0.314. The first kappa shape index (κ1) is 19.3. The number of fused-ring (bicyclic) bond motifs is 5. The van der Waals surface area contributed by atoms with Gasteiger partial charge < -0.3 is 9.84 Å². The molecule has 0 saturated heterocycles. The number of carbonyl (C=O) groups excluding carboxylic acids is 1. The van der Waals surface area contributed by atoms with Crippen LogP contribution in [-0.2, 0) is 11.2 Å². The second-order valence-electron chi connectivity index (χ2n) is 9.35. The molecule has 0 aromatic heterocycles. The van der Waals surface area contributed by atoms with Crippen molar-refractivity contribution in [1.29, 1.82) is 0 Å². The molecular weight excluding hydrogens is 379 g/mol. The smallest absolute Gasteiger partial charge is 0.165 e. The lowest BCUT2D eigenvalue weighted by Gasteiger charge is -2.48. The van der Waals surface area contributed by atoms with E-state index in [1.807, 2.05) is 18.2 Å². The quantitative estimate of drug-likeness (QED) is 0.655.